The molecule has 3 rings (SSSR count). The van der Waals surface area contributed by atoms with Crippen molar-refractivity contribution in [2.24, 2.45) is 0 Å². The smallest absolute Gasteiger partial charge is 0.182 e. The molecule has 0 amide bonds. The van der Waals surface area contributed by atoms with Crippen LogP contribution in [0.4, 0.5) is 4.39 Å². The van der Waals surface area contributed by atoms with Crippen LogP contribution < -0.4 is 0 Å². The van der Waals surface area contributed by atoms with Gasteiger partial charge in [-0.1, -0.05) is 42.0 Å². The molecule has 0 atom stereocenters. The highest BCUT2D eigenvalue weighted by molar-refractivity contribution is 5.55. The van der Waals surface area contributed by atoms with Crippen LogP contribution >= 0.6 is 0 Å². The van der Waals surface area contributed by atoms with Crippen LogP contribution in [0.25, 0.3) is 11.4 Å². The molecule has 1 aromatic heterocycles. The van der Waals surface area contributed by atoms with Crippen molar-refractivity contribution in [1.82, 2.24) is 20.2 Å². The van der Waals surface area contributed by atoms with Crippen LogP contribution in [0.2, 0.25) is 0 Å². The summed E-state index contributed by atoms with van der Waals surface area (Å²) in [5.41, 5.74) is 3.10. The van der Waals surface area contributed by atoms with E-state index < -0.39 is 0 Å². The number of aryl methyl sites for hydroxylation is 1. The monoisotopic (exact) mass is 268 g/mol. The summed E-state index contributed by atoms with van der Waals surface area (Å²) in [6.07, 6.45) is 0. The lowest BCUT2D eigenvalue weighted by Gasteiger charge is -2.05. The van der Waals surface area contributed by atoms with Gasteiger partial charge in [-0.15, -0.1) is 5.10 Å². The molecule has 0 fully saturated rings. The van der Waals surface area contributed by atoms with E-state index >= 15 is 0 Å². The zero-order chi connectivity index (χ0) is 13.9. The third kappa shape index (κ3) is 2.56. The van der Waals surface area contributed by atoms with E-state index in [0.29, 0.717) is 12.4 Å². The SMILES string of the molecule is Cc1ccc(-c2nnnn2Cc2ccc(F)cc2)cc1. The second-order valence-corrected chi connectivity index (χ2v) is 4.65. The summed E-state index contributed by atoms with van der Waals surface area (Å²) < 4.78 is 14.6. The summed E-state index contributed by atoms with van der Waals surface area (Å²) in [5, 5.41) is 11.8. The minimum Gasteiger partial charge on any atom is -0.221 e. The van der Waals surface area contributed by atoms with E-state index in [4.69, 9.17) is 0 Å². The van der Waals surface area contributed by atoms with Crippen molar-refractivity contribution in [3.63, 3.8) is 0 Å². The van der Waals surface area contributed by atoms with Gasteiger partial charge in [0.05, 0.1) is 6.54 Å². The zero-order valence-electron chi connectivity index (χ0n) is 11.0. The second-order valence-electron chi connectivity index (χ2n) is 4.65. The minimum absolute atomic E-state index is 0.246. The predicted molar refractivity (Wildman–Crippen MR) is 73.5 cm³/mol. The van der Waals surface area contributed by atoms with Crippen molar-refractivity contribution in [3.05, 3.63) is 65.5 Å². The molecule has 100 valence electrons. The average Bonchev–Trinajstić information content (AvgIpc) is 2.90. The van der Waals surface area contributed by atoms with Crippen molar-refractivity contribution < 1.29 is 4.39 Å². The van der Waals surface area contributed by atoms with E-state index in [0.717, 1.165) is 11.1 Å². The van der Waals surface area contributed by atoms with Crippen molar-refractivity contribution in [2.45, 2.75) is 13.5 Å². The Morgan fingerprint density at radius 2 is 1.70 bits per heavy atom. The van der Waals surface area contributed by atoms with Crippen molar-refractivity contribution in [1.29, 1.82) is 0 Å². The largest absolute Gasteiger partial charge is 0.221 e. The number of halogens is 1. The molecule has 0 aliphatic heterocycles. The van der Waals surface area contributed by atoms with E-state index in [1.165, 1.54) is 17.7 Å². The Labute approximate surface area is 115 Å². The highest BCUT2D eigenvalue weighted by atomic mass is 19.1. The van der Waals surface area contributed by atoms with Crippen LogP contribution in [0.5, 0.6) is 0 Å². The third-order valence-electron chi connectivity index (χ3n) is 3.09. The Morgan fingerprint density at radius 3 is 2.40 bits per heavy atom. The maximum Gasteiger partial charge on any atom is 0.182 e. The lowest BCUT2D eigenvalue weighted by molar-refractivity contribution is 0.622. The summed E-state index contributed by atoms with van der Waals surface area (Å²) in [6, 6.07) is 14.4. The second kappa shape index (κ2) is 5.21. The first-order valence-corrected chi connectivity index (χ1v) is 6.30. The van der Waals surface area contributed by atoms with Gasteiger partial charge in [-0.2, -0.15) is 0 Å². The summed E-state index contributed by atoms with van der Waals surface area (Å²) in [4.78, 5) is 0. The molecule has 20 heavy (non-hydrogen) atoms. The molecule has 0 N–H and O–H groups in total. The quantitative estimate of drug-likeness (QED) is 0.733. The molecule has 0 unspecified atom stereocenters. The van der Waals surface area contributed by atoms with Crippen LogP contribution in [0.3, 0.4) is 0 Å². The molecule has 0 radical (unpaired) electrons. The number of hydrogen-bond acceptors (Lipinski definition) is 3. The molecule has 0 bridgehead atoms. The molecule has 0 aliphatic rings. The molecule has 4 nitrogen and oxygen atoms in total. The number of aromatic nitrogens is 4. The van der Waals surface area contributed by atoms with Crippen molar-refractivity contribution in [3.8, 4) is 11.4 Å². The van der Waals surface area contributed by atoms with Gasteiger partial charge in [0.1, 0.15) is 5.82 Å². The van der Waals surface area contributed by atoms with Gasteiger partial charge in [0, 0.05) is 5.56 Å². The topological polar surface area (TPSA) is 43.6 Å². The van der Waals surface area contributed by atoms with Crippen LogP contribution in [0.15, 0.2) is 48.5 Å². The lowest BCUT2D eigenvalue weighted by atomic mass is 10.1. The van der Waals surface area contributed by atoms with Crippen LogP contribution in [0, 0.1) is 12.7 Å². The Morgan fingerprint density at radius 1 is 1.00 bits per heavy atom. The number of hydrogen-bond donors (Lipinski definition) is 0. The molecule has 0 spiro atoms. The average molecular weight is 268 g/mol. The van der Waals surface area contributed by atoms with Crippen LogP contribution in [-0.2, 0) is 6.54 Å². The van der Waals surface area contributed by atoms with Gasteiger partial charge in [0.25, 0.3) is 0 Å². The van der Waals surface area contributed by atoms with Gasteiger partial charge in [0.15, 0.2) is 5.82 Å². The fraction of sp³-hybridized carbons (Fsp3) is 0.133. The highest BCUT2D eigenvalue weighted by Crippen LogP contribution is 2.17. The molecule has 0 saturated heterocycles. The van der Waals surface area contributed by atoms with Gasteiger partial charge in [-0.25, -0.2) is 9.07 Å². The fourth-order valence-corrected chi connectivity index (χ4v) is 1.98. The Hall–Kier alpha value is -2.56. The lowest BCUT2D eigenvalue weighted by Crippen LogP contribution is -2.04. The van der Waals surface area contributed by atoms with Gasteiger partial charge < -0.3 is 0 Å². The van der Waals surface area contributed by atoms with Crippen LogP contribution in [-0.4, -0.2) is 20.2 Å². The molecule has 0 saturated carbocycles. The van der Waals surface area contributed by atoms with Crippen molar-refractivity contribution in [2.75, 3.05) is 0 Å². The molecule has 5 heteroatoms. The third-order valence-corrected chi connectivity index (χ3v) is 3.09. The molecule has 2 aromatic carbocycles. The summed E-state index contributed by atoms with van der Waals surface area (Å²) in [7, 11) is 0. The van der Waals surface area contributed by atoms with Crippen molar-refractivity contribution >= 4 is 0 Å². The number of nitrogens with zero attached hydrogens (tertiary/aromatic N) is 4. The first-order chi connectivity index (χ1) is 9.72. The summed E-state index contributed by atoms with van der Waals surface area (Å²) >= 11 is 0. The number of rotatable bonds is 3. The van der Waals surface area contributed by atoms with E-state index in [-0.39, 0.29) is 5.82 Å². The maximum absolute atomic E-state index is 12.9. The Kier molecular flexibility index (Phi) is 3.25. The fourth-order valence-electron chi connectivity index (χ4n) is 1.98. The highest BCUT2D eigenvalue weighted by Gasteiger charge is 2.09. The molecule has 0 aliphatic carbocycles. The van der Waals surface area contributed by atoms with E-state index in [2.05, 4.69) is 15.5 Å². The summed E-state index contributed by atoms with van der Waals surface area (Å²) in [6.45, 7) is 2.54. The van der Waals surface area contributed by atoms with Crippen LogP contribution in [0.1, 0.15) is 11.1 Å². The predicted octanol–water partition coefficient (Wildman–Crippen LogP) is 2.84. The summed E-state index contributed by atoms with van der Waals surface area (Å²) in [5.74, 6) is 0.457. The van der Waals surface area contributed by atoms with E-state index in [9.17, 15) is 4.39 Å². The number of tetrazole rings is 1. The normalized spacial score (nSPS) is 10.7. The Bertz CT molecular complexity index is 701. The van der Waals surface area contributed by atoms with E-state index in [1.54, 1.807) is 16.8 Å². The Balaban J connectivity index is 1.90. The first-order valence-electron chi connectivity index (χ1n) is 6.30. The van der Waals surface area contributed by atoms with Gasteiger partial charge >= 0.3 is 0 Å². The van der Waals surface area contributed by atoms with E-state index in [1.807, 2.05) is 31.2 Å². The first kappa shape index (κ1) is 12.5. The molecule has 3 aromatic rings. The molecular weight excluding hydrogens is 255 g/mol. The molecular formula is C15H13FN4. The standard InChI is InChI=1S/C15H13FN4/c1-11-2-6-13(7-3-11)15-17-18-19-20(15)10-12-4-8-14(16)9-5-12/h2-9H,10H2,1H3. The molecule has 1 heterocycles. The minimum atomic E-state index is -0.246. The van der Waals surface area contributed by atoms with Gasteiger partial charge in [0.2, 0.25) is 0 Å². The zero-order valence-corrected chi connectivity index (χ0v) is 11.0. The van der Waals surface area contributed by atoms with Gasteiger partial charge in [-0.05, 0) is 35.0 Å². The number of benzene rings is 2. The maximum atomic E-state index is 12.9. The van der Waals surface area contributed by atoms with Gasteiger partial charge in [-0.3, -0.25) is 0 Å².